The van der Waals surface area contributed by atoms with Crippen LogP contribution in [0.5, 0.6) is 0 Å². The highest BCUT2D eigenvalue weighted by molar-refractivity contribution is 5.76. The number of nitrogens with zero attached hydrogens (tertiary/aromatic N) is 3. The molecule has 0 bridgehead atoms. The van der Waals surface area contributed by atoms with E-state index in [4.69, 9.17) is 0 Å². The number of rotatable bonds is 5. The van der Waals surface area contributed by atoms with Crippen LogP contribution in [0.1, 0.15) is 12.2 Å². The van der Waals surface area contributed by atoms with Crippen LogP contribution >= 0.6 is 0 Å². The first-order valence-corrected chi connectivity index (χ1v) is 5.56. The highest BCUT2D eigenvalue weighted by atomic mass is 16.1. The summed E-state index contributed by atoms with van der Waals surface area (Å²) in [5, 5.41) is 10.2. The minimum absolute atomic E-state index is 0.127. The minimum atomic E-state index is 0.127. The van der Waals surface area contributed by atoms with E-state index in [1.807, 2.05) is 7.05 Å². The number of aromatic nitrogens is 3. The maximum atomic E-state index is 11.5. The maximum Gasteiger partial charge on any atom is 0.220 e. The van der Waals surface area contributed by atoms with Gasteiger partial charge >= 0.3 is 0 Å². The molecule has 2 heterocycles. The number of hydrogen-bond donors (Lipinski definition) is 2. The summed E-state index contributed by atoms with van der Waals surface area (Å²) < 4.78 is 1.66. The van der Waals surface area contributed by atoms with E-state index in [2.05, 4.69) is 20.7 Å². The van der Waals surface area contributed by atoms with Gasteiger partial charge in [-0.05, 0) is 19.0 Å². The van der Waals surface area contributed by atoms with Crippen molar-refractivity contribution in [3.63, 3.8) is 0 Å². The van der Waals surface area contributed by atoms with E-state index in [0.29, 0.717) is 25.3 Å². The van der Waals surface area contributed by atoms with E-state index in [0.717, 1.165) is 18.9 Å². The molecule has 6 nitrogen and oxygen atoms in total. The quantitative estimate of drug-likeness (QED) is 0.677. The van der Waals surface area contributed by atoms with Crippen LogP contribution in [-0.4, -0.2) is 40.3 Å². The maximum absolute atomic E-state index is 11.5. The van der Waals surface area contributed by atoms with Crippen molar-refractivity contribution in [2.24, 2.45) is 13.0 Å². The summed E-state index contributed by atoms with van der Waals surface area (Å²) in [5.41, 5.74) is 0. The van der Waals surface area contributed by atoms with E-state index in [9.17, 15) is 4.79 Å². The Kier molecular flexibility index (Phi) is 3.51. The van der Waals surface area contributed by atoms with Gasteiger partial charge in [0.15, 0.2) is 5.82 Å². The SMILES string of the molecule is Cn1cnc(CCNC(=O)CC2CNC2)n1. The molecule has 1 aliphatic heterocycles. The van der Waals surface area contributed by atoms with Gasteiger partial charge in [-0.2, -0.15) is 5.10 Å². The van der Waals surface area contributed by atoms with Gasteiger partial charge in [-0.1, -0.05) is 0 Å². The predicted octanol–water partition coefficient (Wildman–Crippen LogP) is -0.917. The Balaban J connectivity index is 1.61. The van der Waals surface area contributed by atoms with Crippen molar-refractivity contribution in [1.82, 2.24) is 25.4 Å². The lowest BCUT2D eigenvalue weighted by atomic mass is 9.99. The molecule has 2 N–H and O–H groups in total. The fourth-order valence-electron chi connectivity index (χ4n) is 1.64. The van der Waals surface area contributed by atoms with Crippen molar-refractivity contribution in [2.75, 3.05) is 19.6 Å². The van der Waals surface area contributed by atoms with E-state index in [-0.39, 0.29) is 5.91 Å². The summed E-state index contributed by atoms with van der Waals surface area (Å²) in [7, 11) is 1.83. The molecule has 1 saturated heterocycles. The molecule has 1 aliphatic rings. The van der Waals surface area contributed by atoms with Crippen LogP contribution in [0.4, 0.5) is 0 Å². The topological polar surface area (TPSA) is 71.8 Å². The number of nitrogens with one attached hydrogen (secondary N) is 2. The first-order valence-electron chi connectivity index (χ1n) is 5.56. The number of amides is 1. The van der Waals surface area contributed by atoms with Gasteiger partial charge in [0.05, 0.1) is 0 Å². The van der Waals surface area contributed by atoms with Gasteiger partial charge in [0.1, 0.15) is 6.33 Å². The molecule has 0 saturated carbocycles. The highest BCUT2D eigenvalue weighted by Crippen LogP contribution is 2.07. The zero-order valence-corrected chi connectivity index (χ0v) is 9.44. The van der Waals surface area contributed by atoms with Gasteiger partial charge in [0, 0.05) is 26.4 Å². The summed E-state index contributed by atoms with van der Waals surface area (Å²) in [6.45, 7) is 2.55. The molecular formula is C10H17N5O. The van der Waals surface area contributed by atoms with Crippen molar-refractivity contribution in [2.45, 2.75) is 12.8 Å². The average molecular weight is 223 g/mol. The second-order valence-corrected chi connectivity index (χ2v) is 4.16. The second-order valence-electron chi connectivity index (χ2n) is 4.16. The van der Waals surface area contributed by atoms with Gasteiger partial charge in [0.2, 0.25) is 5.91 Å². The molecule has 1 aromatic rings. The van der Waals surface area contributed by atoms with Gasteiger partial charge in [-0.3, -0.25) is 9.48 Å². The van der Waals surface area contributed by atoms with E-state index >= 15 is 0 Å². The summed E-state index contributed by atoms with van der Waals surface area (Å²) in [6.07, 6.45) is 2.98. The van der Waals surface area contributed by atoms with Gasteiger partial charge in [0.25, 0.3) is 0 Å². The van der Waals surface area contributed by atoms with Gasteiger partial charge in [-0.15, -0.1) is 0 Å². The van der Waals surface area contributed by atoms with Crippen LogP contribution in [-0.2, 0) is 18.3 Å². The third-order valence-electron chi connectivity index (χ3n) is 2.66. The third-order valence-corrected chi connectivity index (χ3v) is 2.66. The van der Waals surface area contributed by atoms with Crippen molar-refractivity contribution in [3.05, 3.63) is 12.2 Å². The van der Waals surface area contributed by atoms with Crippen molar-refractivity contribution >= 4 is 5.91 Å². The fourth-order valence-corrected chi connectivity index (χ4v) is 1.64. The molecule has 0 aromatic carbocycles. The zero-order chi connectivity index (χ0) is 11.4. The summed E-state index contributed by atoms with van der Waals surface area (Å²) in [6, 6.07) is 0. The Hall–Kier alpha value is -1.43. The van der Waals surface area contributed by atoms with Gasteiger partial charge in [-0.25, -0.2) is 4.98 Å². The van der Waals surface area contributed by atoms with Crippen LogP contribution in [0.15, 0.2) is 6.33 Å². The largest absolute Gasteiger partial charge is 0.356 e. The molecule has 0 aliphatic carbocycles. The molecular weight excluding hydrogens is 206 g/mol. The Morgan fingerprint density at radius 1 is 1.69 bits per heavy atom. The lowest BCUT2D eigenvalue weighted by Crippen LogP contribution is -2.44. The van der Waals surface area contributed by atoms with E-state index in [1.165, 1.54) is 0 Å². The highest BCUT2D eigenvalue weighted by Gasteiger charge is 2.19. The second kappa shape index (κ2) is 5.07. The Bertz CT molecular complexity index is 358. The van der Waals surface area contributed by atoms with Crippen LogP contribution in [0.2, 0.25) is 0 Å². The third kappa shape index (κ3) is 3.03. The smallest absolute Gasteiger partial charge is 0.220 e. The molecule has 1 amide bonds. The Morgan fingerprint density at radius 2 is 2.50 bits per heavy atom. The van der Waals surface area contributed by atoms with E-state index in [1.54, 1.807) is 11.0 Å². The molecule has 6 heteroatoms. The summed E-state index contributed by atoms with van der Waals surface area (Å²) >= 11 is 0. The fraction of sp³-hybridized carbons (Fsp3) is 0.700. The van der Waals surface area contributed by atoms with E-state index < -0.39 is 0 Å². The van der Waals surface area contributed by atoms with Crippen molar-refractivity contribution < 1.29 is 4.79 Å². The molecule has 16 heavy (non-hydrogen) atoms. The first kappa shape index (κ1) is 11.1. The van der Waals surface area contributed by atoms with Crippen molar-refractivity contribution in [1.29, 1.82) is 0 Å². The summed E-state index contributed by atoms with van der Waals surface area (Å²) in [4.78, 5) is 15.5. The van der Waals surface area contributed by atoms with Gasteiger partial charge < -0.3 is 10.6 Å². The molecule has 2 rings (SSSR count). The number of carbonyl (C=O) groups is 1. The number of aryl methyl sites for hydroxylation is 1. The molecule has 0 unspecified atom stereocenters. The Morgan fingerprint density at radius 3 is 3.06 bits per heavy atom. The standard InChI is InChI=1S/C10H17N5O/c1-15-7-13-9(14-15)2-3-12-10(16)4-8-5-11-6-8/h7-8,11H,2-6H2,1H3,(H,12,16). The van der Waals surface area contributed by atoms with Crippen LogP contribution in [0, 0.1) is 5.92 Å². The van der Waals surface area contributed by atoms with Crippen LogP contribution in [0.25, 0.3) is 0 Å². The lowest BCUT2D eigenvalue weighted by Gasteiger charge is -2.26. The summed E-state index contributed by atoms with van der Waals surface area (Å²) in [5.74, 6) is 1.42. The normalized spacial score (nSPS) is 15.8. The molecule has 1 aromatic heterocycles. The number of carbonyl (C=O) groups excluding carboxylic acids is 1. The van der Waals surface area contributed by atoms with Crippen LogP contribution < -0.4 is 10.6 Å². The molecule has 88 valence electrons. The molecule has 1 fully saturated rings. The van der Waals surface area contributed by atoms with Crippen LogP contribution in [0.3, 0.4) is 0 Å². The average Bonchev–Trinajstić information content (AvgIpc) is 2.58. The Labute approximate surface area is 94.4 Å². The predicted molar refractivity (Wildman–Crippen MR) is 58.7 cm³/mol. The zero-order valence-electron chi connectivity index (χ0n) is 9.44. The minimum Gasteiger partial charge on any atom is -0.356 e. The molecule has 0 atom stereocenters. The van der Waals surface area contributed by atoms with Crippen molar-refractivity contribution in [3.8, 4) is 0 Å². The monoisotopic (exact) mass is 223 g/mol. The first-order chi connectivity index (χ1) is 7.74. The lowest BCUT2D eigenvalue weighted by molar-refractivity contribution is -0.122. The molecule has 0 spiro atoms. The number of hydrogen-bond acceptors (Lipinski definition) is 4. The molecule has 0 radical (unpaired) electrons.